The third-order valence-electron chi connectivity index (χ3n) is 6.25. The molecule has 9 heteroatoms. The van der Waals surface area contributed by atoms with Crippen LogP contribution in [0, 0.1) is 6.92 Å². The second-order valence-corrected chi connectivity index (χ2v) is 8.49. The molecule has 0 radical (unpaired) electrons. The molecular formula is C24H35N5O4. The van der Waals surface area contributed by atoms with Crippen LogP contribution >= 0.6 is 0 Å². The normalized spacial score (nSPS) is 21.7. The number of rotatable bonds is 6. The van der Waals surface area contributed by atoms with E-state index < -0.39 is 12.0 Å². The molecule has 2 unspecified atom stereocenters. The summed E-state index contributed by atoms with van der Waals surface area (Å²) in [6.07, 6.45) is 0. The number of hydrogen-bond acceptors (Lipinski definition) is 5. The molecule has 2 aliphatic rings. The number of carbonyl (C=O) groups excluding carboxylic acids is 3. The fourth-order valence-electron chi connectivity index (χ4n) is 4.48. The minimum Gasteiger partial charge on any atom is -0.463 e. The van der Waals surface area contributed by atoms with E-state index in [4.69, 9.17) is 4.74 Å². The van der Waals surface area contributed by atoms with E-state index in [0.717, 1.165) is 11.1 Å². The topological polar surface area (TPSA) is 94.2 Å². The van der Waals surface area contributed by atoms with Crippen LogP contribution in [0.15, 0.2) is 35.5 Å². The van der Waals surface area contributed by atoms with E-state index in [1.807, 2.05) is 49.9 Å². The van der Waals surface area contributed by atoms with Crippen LogP contribution in [0.25, 0.3) is 0 Å². The van der Waals surface area contributed by atoms with Crippen LogP contribution in [-0.2, 0) is 9.53 Å². The average Bonchev–Trinajstić information content (AvgIpc) is 2.77. The predicted octanol–water partition coefficient (Wildman–Crippen LogP) is 2.24. The molecule has 3 rings (SSSR count). The van der Waals surface area contributed by atoms with Crippen molar-refractivity contribution >= 4 is 18.0 Å². The molecular weight excluding hydrogens is 422 g/mol. The number of piperazine rings is 1. The molecule has 0 aliphatic carbocycles. The molecule has 0 saturated carbocycles. The van der Waals surface area contributed by atoms with Gasteiger partial charge in [-0.1, -0.05) is 24.3 Å². The lowest BCUT2D eigenvalue weighted by molar-refractivity contribution is -0.139. The molecule has 0 spiro atoms. The van der Waals surface area contributed by atoms with Gasteiger partial charge in [-0.3, -0.25) is 9.80 Å². The van der Waals surface area contributed by atoms with Crippen LogP contribution in [0.1, 0.15) is 37.9 Å². The number of ether oxygens (including phenoxy) is 1. The van der Waals surface area contributed by atoms with Gasteiger partial charge in [0, 0.05) is 51.5 Å². The Labute approximate surface area is 195 Å². The molecule has 2 aliphatic heterocycles. The third kappa shape index (κ3) is 5.30. The molecule has 0 bridgehead atoms. The number of nitrogens with zero attached hydrogens (tertiary/aromatic N) is 3. The number of esters is 1. The van der Waals surface area contributed by atoms with Gasteiger partial charge < -0.3 is 20.3 Å². The summed E-state index contributed by atoms with van der Waals surface area (Å²) in [6, 6.07) is 6.81. The molecule has 2 atom stereocenters. The number of nitrogens with one attached hydrogen (secondary N) is 2. The second-order valence-electron chi connectivity index (χ2n) is 8.49. The molecule has 4 amide bonds. The van der Waals surface area contributed by atoms with Crippen LogP contribution in [0.5, 0.6) is 0 Å². The third-order valence-corrected chi connectivity index (χ3v) is 6.25. The molecule has 0 aromatic heterocycles. The van der Waals surface area contributed by atoms with Crippen LogP contribution in [0.3, 0.4) is 0 Å². The lowest BCUT2D eigenvalue weighted by Gasteiger charge is -2.42. The largest absolute Gasteiger partial charge is 0.463 e. The zero-order valence-electron chi connectivity index (χ0n) is 20.2. The summed E-state index contributed by atoms with van der Waals surface area (Å²) in [6.45, 7) is 10.7. The van der Waals surface area contributed by atoms with Gasteiger partial charge in [-0.15, -0.1) is 0 Å². The molecule has 1 saturated heterocycles. The van der Waals surface area contributed by atoms with Crippen LogP contribution in [0.4, 0.5) is 9.59 Å². The van der Waals surface area contributed by atoms with Gasteiger partial charge in [-0.25, -0.2) is 14.4 Å². The van der Waals surface area contributed by atoms with Crippen molar-refractivity contribution in [2.24, 2.45) is 0 Å². The van der Waals surface area contributed by atoms with Gasteiger partial charge in [-0.05, 0) is 38.8 Å². The predicted molar refractivity (Wildman–Crippen MR) is 126 cm³/mol. The standard InChI is InChI=1S/C24H35N5O4/c1-6-25-23(31)29-13-12-28(14-17(29)4)15-19-20(22(30)33-7-2)21(26-24(32)27(19)5)18-11-9-8-10-16(18)3/h8-11,17,21H,6-7,12-15H2,1-5H3,(H,25,31)(H,26,32). The molecule has 9 nitrogen and oxygen atoms in total. The molecule has 1 aromatic carbocycles. The fraction of sp³-hybridized carbons (Fsp3) is 0.542. The molecule has 2 N–H and O–H groups in total. The summed E-state index contributed by atoms with van der Waals surface area (Å²) < 4.78 is 5.42. The lowest BCUT2D eigenvalue weighted by Crippen LogP contribution is -2.57. The van der Waals surface area contributed by atoms with Crippen molar-refractivity contribution in [3.8, 4) is 0 Å². The zero-order chi connectivity index (χ0) is 24.1. The Bertz CT molecular complexity index is 931. The Morgan fingerprint density at radius 3 is 2.58 bits per heavy atom. The van der Waals surface area contributed by atoms with Crippen molar-refractivity contribution in [1.29, 1.82) is 0 Å². The number of carbonyl (C=O) groups is 3. The molecule has 1 fully saturated rings. The highest BCUT2D eigenvalue weighted by atomic mass is 16.5. The highest BCUT2D eigenvalue weighted by molar-refractivity contribution is 5.95. The van der Waals surface area contributed by atoms with Crippen molar-refractivity contribution < 1.29 is 19.1 Å². The van der Waals surface area contributed by atoms with Crippen LogP contribution in [-0.4, -0.2) is 85.2 Å². The van der Waals surface area contributed by atoms with E-state index >= 15 is 0 Å². The van der Waals surface area contributed by atoms with Gasteiger partial charge in [-0.2, -0.15) is 0 Å². The summed E-state index contributed by atoms with van der Waals surface area (Å²) in [4.78, 5) is 43.8. The number of benzene rings is 1. The number of aryl methyl sites for hydroxylation is 1. The van der Waals surface area contributed by atoms with Crippen molar-refractivity contribution in [3.05, 3.63) is 46.7 Å². The van der Waals surface area contributed by atoms with Crippen molar-refractivity contribution in [2.75, 3.05) is 46.4 Å². The van der Waals surface area contributed by atoms with E-state index in [-0.39, 0.29) is 24.7 Å². The minimum absolute atomic E-state index is 0.00633. The maximum atomic E-state index is 13.1. The number of hydrogen-bond donors (Lipinski definition) is 2. The molecule has 2 heterocycles. The SMILES string of the molecule is CCNC(=O)N1CCN(CC2=C(C(=O)OCC)C(c3ccccc3C)NC(=O)N2C)CC1C. The van der Waals surface area contributed by atoms with E-state index in [9.17, 15) is 14.4 Å². The van der Waals surface area contributed by atoms with Gasteiger partial charge in [0.2, 0.25) is 0 Å². The van der Waals surface area contributed by atoms with Crippen LogP contribution < -0.4 is 10.6 Å². The average molecular weight is 458 g/mol. The Morgan fingerprint density at radius 1 is 1.21 bits per heavy atom. The first-order valence-electron chi connectivity index (χ1n) is 11.5. The summed E-state index contributed by atoms with van der Waals surface area (Å²) in [5, 5.41) is 5.83. The zero-order valence-corrected chi connectivity index (χ0v) is 20.2. The summed E-state index contributed by atoms with van der Waals surface area (Å²) in [5.74, 6) is -0.429. The van der Waals surface area contributed by atoms with E-state index in [1.54, 1.807) is 14.0 Å². The van der Waals surface area contributed by atoms with Crippen molar-refractivity contribution in [1.82, 2.24) is 25.3 Å². The Kier molecular flexibility index (Phi) is 7.97. The molecule has 180 valence electrons. The lowest BCUT2D eigenvalue weighted by atomic mass is 9.91. The monoisotopic (exact) mass is 457 g/mol. The quantitative estimate of drug-likeness (QED) is 0.639. The number of amides is 4. The summed E-state index contributed by atoms with van der Waals surface area (Å²) in [7, 11) is 1.67. The first-order chi connectivity index (χ1) is 15.8. The highest BCUT2D eigenvalue weighted by Gasteiger charge is 2.38. The molecule has 33 heavy (non-hydrogen) atoms. The first-order valence-corrected chi connectivity index (χ1v) is 11.5. The van der Waals surface area contributed by atoms with Crippen molar-refractivity contribution in [3.63, 3.8) is 0 Å². The maximum Gasteiger partial charge on any atom is 0.338 e. The first kappa shape index (κ1) is 24.6. The van der Waals surface area contributed by atoms with Gasteiger partial charge >= 0.3 is 18.0 Å². The van der Waals surface area contributed by atoms with Gasteiger partial charge in [0.1, 0.15) is 0 Å². The Morgan fingerprint density at radius 2 is 1.94 bits per heavy atom. The van der Waals surface area contributed by atoms with Crippen LogP contribution in [0.2, 0.25) is 0 Å². The van der Waals surface area contributed by atoms with E-state index in [2.05, 4.69) is 15.5 Å². The van der Waals surface area contributed by atoms with E-state index in [1.165, 1.54) is 4.90 Å². The van der Waals surface area contributed by atoms with E-state index in [0.29, 0.717) is 44.0 Å². The minimum atomic E-state index is -0.585. The fourth-order valence-corrected chi connectivity index (χ4v) is 4.48. The van der Waals surface area contributed by atoms with Gasteiger partial charge in [0.15, 0.2) is 0 Å². The smallest absolute Gasteiger partial charge is 0.338 e. The summed E-state index contributed by atoms with van der Waals surface area (Å²) >= 11 is 0. The Balaban J connectivity index is 1.94. The summed E-state index contributed by atoms with van der Waals surface area (Å²) in [5.41, 5.74) is 2.93. The van der Waals surface area contributed by atoms with Crippen molar-refractivity contribution in [2.45, 2.75) is 39.8 Å². The highest BCUT2D eigenvalue weighted by Crippen LogP contribution is 2.33. The Hall–Kier alpha value is -3.07. The van der Waals surface area contributed by atoms with Gasteiger partial charge in [0.25, 0.3) is 0 Å². The number of likely N-dealkylation sites (N-methyl/N-ethyl adjacent to an activating group) is 1. The number of urea groups is 2. The second kappa shape index (κ2) is 10.7. The molecule has 1 aromatic rings. The van der Waals surface area contributed by atoms with Gasteiger partial charge in [0.05, 0.1) is 18.2 Å². The maximum absolute atomic E-state index is 13.1.